The van der Waals surface area contributed by atoms with Crippen molar-refractivity contribution in [2.45, 2.75) is 12.8 Å². The molecular weight excluding hydrogens is 378 g/mol. The van der Waals surface area contributed by atoms with Gasteiger partial charge in [-0.15, -0.1) is 0 Å². The number of hydrogen-bond donors (Lipinski definition) is 0. The fourth-order valence-corrected chi connectivity index (χ4v) is 6.18. The normalized spacial score (nSPS) is 13.4. The van der Waals surface area contributed by atoms with E-state index in [1.807, 2.05) is 0 Å². The molecule has 21 heavy (non-hydrogen) atoms. The first kappa shape index (κ1) is 16.7. The standard InChI is InChI=1S/C13H9.C5H5.2ClH.Zr/c1-3-7-12-10(5-1)9-11-6-2-4-8-13(11)12;1-2-4-5-3-1;;;/h1-5,7-8H,9H2;1-3H,4H2;2*1H;/q;;;;+2/p-2. The Hall–Kier alpha value is -0.617. The van der Waals surface area contributed by atoms with Crippen molar-refractivity contribution in [1.29, 1.82) is 0 Å². The summed E-state index contributed by atoms with van der Waals surface area (Å²) in [5.41, 5.74) is 6.06. The molecule has 0 nitrogen and oxygen atoms in total. The molecule has 0 N–H and O–H groups in total. The topological polar surface area (TPSA) is 0 Å². The van der Waals surface area contributed by atoms with Gasteiger partial charge in [0.1, 0.15) is 0 Å². The summed E-state index contributed by atoms with van der Waals surface area (Å²) in [5, 5.41) is 0. The van der Waals surface area contributed by atoms with Gasteiger partial charge in [-0.2, -0.15) is 0 Å². The molecule has 3 heteroatoms. The Kier molecular flexibility index (Phi) is 5.66. The fraction of sp³-hybridized carbons (Fsp3) is 0.111. The molecule has 0 radical (unpaired) electrons. The van der Waals surface area contributed by atoms with Crippen LogP contribution in [0.5, 0.6) is 0 Å². The van der Waals surface area contributed by atoms with E-state index < -0.39 is 23.2 Å². The summed E-state index contributed by atoms with van der Waals surface area (Å²) in [5.74, 6) is 0. The van der Waals surface area contributed by atoms with Crippen LogP contribution >= 0.6 is 0 Å². The van der Waals surface area contributed by atoms with Gasteiger partial charge in [-0.3, -0.25) is 0 Å². The Labute approximate surface area is 149 Å². The summed E-state index contributed by atoms with van der Waals surface area (Å²) in [6.45, 7) is 0. The van der Waals surface area contributed by atoms with Gasteiger partial charge in [0.25, 0.3) is 0 Å². The molecule has 0 heterocycles. The average Bonchev–Trinajstić information content (AvgIpc) is 3.06. The molecular formula is C18H14Cl2Zr. The van der Waals surface area contributed by atoms with Crippen molar-refractivity contribution in [2.75, 3.05) is 0 Å². The van der Waals surface area contributed by atoms with E-state index in [0.717, 1.165) is 6.42 Å². The van der Waals surface area contributed by atoms with E-state index in [0.29, 0.717) is 0 Å². The molecule has 0 aliphatic heterocycles. The fourth-order valence-electron chi connectivity index (χ4n) is 2.99. The van der Waals surface area contributed by atoms with Crippen LogP contribution in [0.2, 0.25) is 0 Å². The minimum Gasteiger partial charge on any atom is -1.00 e. The molecule has 2 aliphatic rings. The van der Waals surface area contributed by atoms with Crippen LogP contribution in [0, 0.1) is 0 Å². The second-order valence-corrected chi connectivity index (χ2v) is 8.63. The number of allylic oxidation sites excluding steroid dienone is 4. The first-order valence-electron chi connectivity index (χ1n) is 6.75. The monoisotopic (exact) mass is 390 g/mol. The molecule has 2 aromatic carbocycles. The van der Waals surface area contributed by atoms with Crippen LogP contribution in [-0.4, -0.2) is 0 Å². The van der Waals surface area contributed by atoms with Crippen LogP contribution in [0.15, 0.2) is 64.0 Å². The van der Waals surface area contributed by atoms with Crippen molar-refractivity contribution in [3.8, 4) is 11.1 Å². The van der Waals surface area contributed by atoms with E-state index in [-0.39, 0.29) is 24.8 Å². The van der Waals surface area contributed by atoms with Gasteiger partial charge in [0.15, 0.2) is 0 Å². The first-order valence-corrected chi connectivity index (χ1v) is 9.20. The number of halogens is 2. The number of hydrogen-bond acceptors (Lipinski definition) is 0. The van der Waals surface area contributed by atoms with Gasteiger partial charge in [-0.05, 0) is 0 Å². The zero-order valence-electron chi connectivity index (χ0n) is 11.4. The molecule has 0 unspecified atom stereocenters. The van der Waals surface area contributed by atoms with Gasteiger partial charge in [-0.25, -0.2) is 0 Å². The Morgan fingerprint density at radius 1 is 0.857 bits per heavy atom. The van der Waals surface area contributed by atoms with Gasteiger partial charge in [0.2, 0.25) is 0 Å². The second kappa shape index (κ2) is 7.10. The molecule has 0 bridgehead atoms. The van der Waals surface area contributed by atoms with Crippen LogP contribution in [0.3, 0.4) is 0 Å². The number of benzene rings is 2. The summed E-state index contributed by atoms with van der Waals surface area (Å²) < 4.78 is 3.38. The molecule has 4 rings (SSSR count). The van der Waals surface area contributed by atoms with Crippen molar-refractivity contribution in [1.82, 2.24) is 0 Å². The predicted octanol–water partition coefficient (Wildman–Crippen LogP) is -2.18. The van der Waals surface area contributed by atoms with Gasteiger partial charge >= 0.3 is 126 Å². The Bertz CT molecular complexity index is 717. The molecule has 0 fully saturated rings. The van der Waals surface area contributed by atoms with Crippen molar-refractivity contribution < 1.29 is 48.0 Å². The van der Waals surface area contributed by atoms with Crippen molar-refractivity contribution in [3.63, 3.8) is 0 Å². The maximum Gasteiger partial charge on any atom is -1.00 e. The third-order valence-electron chi connectivity index (χ3n) is 3.92. The van der Waals surface area contributed by atoms with Crippen LogP contribution in [0.25, 0.3) is 11.1 Å². The third kappa shape index (κ3) is 3.11. The van der Waals surface area contributed by atoms with Gasteiger partial charge in [0.05, 0.1) is 0 Å². The Balaban J connectivity index is 0.000000807. The largest absolute Gasteiger partial charge is 1.00 e. The van der Waals surface area contributed by atoms with E-state index >= 15 is 0 Å². The predicted molar refractivity (Wildman–Crippen MR) is 76.2 cm³/mol. The maximum atomic E-state index is 2.37. The molecule has 2 aliphatic carbocycles. The minimum atomic E-state index is -0.581. The molecule has 0 saturated heterocycles. The van der Waals surface area contributed by atoms with Crippen molar-refractivity contribution in [2.24, 2.45) is 0 Å². The zero-order valence-corrected chi connectivity index (χ0v) is 15.4. The minimum absolute atomic E-state index is 0. The summed E-state index contributed by atoms with van der Waals surface area (Å²) in [4.78, 5) is 0. The Morgan fingerprint density at radius 3 is 2.48 bits per heavy atom. The molecule has 0 atom stereocenters. The summed E-state index contributed by atoms with van der Waals surface area (Å²) in [7, 11) is 0. The van der Waals surface area contributed by atoms with E-state index in [9.17, 15) is 0 Å². The zero-order chi connectivity index (χ0) is 12.7. The average molecular weight is 392 g/mol. The Morgan fingerprint density at radius 2 is 1.67 bits per heavy atom. The SMILES string of the molecule is C1=CC[C]([Zr+2][c]2cccc3c2Cc2ccccc2-3)=C1.[Cl-].[Cl-]. The number of fused-ring (bicyclic) bond motifs is 3. The van der Waals surface area contributed by atoms with Gasteiger partial charge in [0, 0.05) is 0 Å². The van der Waals surface area contributed by atoms with E-state index in [1.54, 1.807) is 12.1 Å². The molecule has 2 aromatic rings. The van der Waals surface area contributed by atoms with Gasteiger partial charge < -0.3 is 24.8 Å². The molecule has 0 saturated carbocycles. The summed E-state index contributed by atoms with van der Waals surface area (Å²) in [6.07, 6.45) is 9.18. The smallest absolute Gasteiger partial charge is 1.00 e. The molecule has 0 amide bonds. The molecule has 104 valence electrons. The number of rotatable bonds is 2. The molecule has 0 aromatic heterocycles. The van der Waals surface area contributed by atoms with Crippen molar-refractivity contribution in [3.05, 3.63) is 75.1 Å². The maximum absolute atomic E-state index is 2.37. The van der Waals surface area contributed by atoms with Crippen LogP contribution in [0.1, 0.15) is 17.5 Å². The summed E-state index contributed by atoms with van der Waals surface area (Å²) >= 11 is -0.581. The first-order chi connectivity index (χ1) is 9.42. The van der Waals surface area contributed by atoms with Crippen LogP contribution < -0.4 is 28.1 Å². The second-order valence-electron chi connectivity index (χ2n) is 5.11. The van der Waals surface area contributed by atoms with Crippen molar-refractivity contribution >= 4 is 3.27 Å². The molecule has 0 spiro atoms. The summed E-state index contributed by atoms with van der Waals surface area (Å²) in [6, 6.07) is 15.8. The third-order valence-corrected chi connectivity index (χ3v) is 7.43. The van der Waals surface area contributed by atoms with Crippen LogP contribution in [-0.2, 0) is 29.7 Å². The van der Waals surface area contributed by atoms with E-state index in [1.165, 1.54) is 23.1 Å². The van der Waals surface area contributed by atoms with E-state index in [2.05, 4.69) is 60.7 Å². The van der Waals surface area contributed by atoms with E-state index in [4.69, 9.17) is 0 Å². The van der Waals surface area contributed by atoms with Crippen LogP contribution in [0.4, 0.5) is 0 Å². The quantitative estimate of drug-likeness (QED) is 0.465. The van der Waals surface area contributed by atoms with Gasteiger partial charge in [-0.1, -0.05) is 0 Å².